The highest BCUT2D eigenvalue weighted by atomic mass is 127. The molecule has 1 aliphatic rings. The molecular weight excluding hydrogens is 367 g/mol. The van der Waals surface area contributed by atoms with Crippen molar-refractivity contribution in [2.24, 2.45) is 0 Å². The quantitative estimate of drug-likeness (QED) is 0.323. The molecule has 0 bridgehead atoms. The molecule has 0 nitrogen and oxygen atoms in total. The van der Waals surface area contributed by atoms with E-state index in [1.54, 1.807) is 11.6 Å². The molecule has 2 rings (SSSR count). The average molecular weight is 398 g/mol. The SMILES string of the molecule is C=CC.CC1=C(C)CCC=C1.Cc1ccc(C)c(C)c1.I. The Labute approximate surface area is 149 Å². The number of hydrogen-bond donors (Lipinski definition) is 0. The Kier molecular flexibility index (Phi) is 13.8. The Morgan fingerprint density at radius 2 is 1.57 bits per heavy atom. The summed E-state index contributed by atoms with van der Waals surface area (Å²) in [5.41, 5.74) is 7.11. The molecule has 0 fully saturated rings. The molecule has 1 aromatic rings. The Morgan fingerprint density at radius 3 is 1.90 bits per heavy atom. The van der Waals surface area contributed by atoms with Crippen molar-refractivity contribution in [3.63, 3.8) is 0 Å². The first-order valence-corrected chi connectivity index (χ1v) is 7.36. The van der Waals surface area contributed by atoms with Gasteiger partial charge in [0.1, 0.15) is 0 Å². The normalized spacial score (nSPS) is 12.3. The van der Waals surface area contributed by atoms with Crippen LogP contribution < -0.4 is 0 Å². The Morgan fingerprint density at radius 1 is 1.00 bits per heavy atom. The van der Waals surface area contributed by atoms with Gasteiger partial charge in [-0.1, -0.05) is 53.1 Å². The van der Waals surface area contributed by atoms with E-state index in [0.29, 0.717) is 0 Å². The van der Waals surface area contributed by atoms with Gasteiger partial charge in [0.25, 0.3) is 0 Å². The first-order valence-electron chi connectivity index (χ1n) is 7.36. The van der Waals surface area contributed by atoms with Crippen molar-refractivity contribution in [3.8, 4) is 0 Å². The third kappa shape index (κ3) is 10.5. The van der Waals surface area contributed by atoms with Crippen molar-refractivity contribution in [1.82, 2.24) is 0 Å². The van der Waals surface area contributed by atoms with Crippen LogP contribution in [0.15, 0.2) is 54.2 Å². The lowest BCUT2D eigenvalue weighted by atomic mass is 10.0. The molecule has 0 aromatic heterocycles. The summed E-state index contributed by atoms with van der Waals surface area (Å²) in [6, 6.07) is 6.50. The topological polar surface area (TPSA) is 0 Å². The predicted molar refractivity (Wildman–Crippen MR) is 109 cm³/mol. The number of halogens is 1. The fourth-order valence-corrected chi connectivity index (χ4v) is 1.79. The van der Waals surface area contributed by atoms with Crippen LogP contribution in [0.3, 0.4) is 0 Å². The van der Waals surface area contributed by atoms with Gasteiger partial charge in [0.2, 0.25) is 0 Å². The zero-order chi connectivity index (χ0) is 15.5. The van der Waals surface area contributed by atoms with Crippen LogP contribution in [0.2, 0.25) is 0 Å². The fraction of sp³-hybridized carbons (Fsp3) is 0.400. The molecule has 0 spiro atoms. The minimum Gasteiger partial charge on any atom is -0.107 e. The summed E-state index contributed by atoms with van der Waals surface area (Å²) in [6.45, 7) is 16.0. The van der Waals surface area contributed by atoms with Crippen molar-refractivity contribution in [3.05, 3.63) is 70.8 Å². The maximum Gasteiger partial charge on any atom is -0.0282 e. The zero-order valence-electron chi connectivity index (χ0n) is 14.5. The van der Waals surface area contributed by atoms with Crippen LogP contribution >= 0.6 is 24.0 Å². The largest absolute Gasteiger partial charge is 0.107 e. The highest BCUT2D eigenvalue weighted by Gasteiger charge is 1.96. The van der Waals surface area contributed by atoms with Gasteiger partial charge in [-0.25, -0.2) is 0 Å². The summed E-state index contributed by atoms with van der Waals surface area (Å²) >= 11 is 0. The van der Waals surface area contributed by atoms with Crippen LogP contribution in [-0.4, -0.2) is 0 Å². The Hall–Kier alpha value is -0.830. The predicted octanol–water partition coefficient (Wildman–Crippen LogP) is 7.09. The van der Waals surface area contributed by atoms with Crippen LogP contribution in [0.1, 0.15) is 50.3 Å². The molecule has 21 heavy (non-hydrogen) atoms. The molecule has 0 heterocycles. The Bertz CT molecular complexity index is 479. The van der Waals surface area contributed by atoms with Gasteiger partial charge >= 0.3 is 0 Å². The lowest BCUT2D eigenvalue weighted by Gasteiger charge is -2.06. The van der Waals surface area contributed by atoms with E-state index < -0.39 is 0 Å². The van der Waals surface area contributed by atoms with E-state index in [2.05, 4.69) is 71.5 Å². The molecular formula is C20H31I. The molecule has 0 atom stereocenters. The lowest BCUT2D eigenvalue weighted by molar-refractivity contribution is 0.939. The minimum atomic E-state index is 0. The maximum atomic E-state index is 3.36. The first-order chi connectivity index (χ1) is 9.42. The third-order valence-electron chi connectivity index (χ3n) is 3.39. The Balaban J connectivity index is 0. The van der Waals surface area contributed by atoms with Gasteiger partial charge in [0, 0.05) is 0 Å². The second kappa shape index (κ2) is 12.9. The number of aryl methyl sites for hydroxylation is 3. The first kappa shape index (κ1) is 22.5. The molecule has 0 radical (unpaired) electrons. The van der Waals surface area contributed by atoms with Gasteiger partial charge in [-0.2, -0.15) is 0 Å². The lowest BCUT2D eigenvalue weighted by Crippen LogP contribution is -1.85. The highest BCUT2D eigenvalue weighted by molar-refractivity contribution is 14.0. The summed E-state index contributed by atoms with van der Waals surface area (Å²) in [4.78, 5) is 0. The molecule has 0 N–H and O–H groups in total. The average Bonchev–Trinajstić information content (AvgIpc) is 2.40. The van der Waals surface area contributed by atoms with E-state index in [0.717, 1.165) is 0 Å². The van der Waals surface area contributed by atoms with Gasteiger partial charge in [-0.15, -0.1) is 30.6 Å². The van der Waals surface area contributed by atoms with Gasteiger partial charge in [-0.05, 0) is 65.5 Å². The van der Waals surface area contributed by atoms with Crippen molar-refractivity contribution < 1.29 is 0 Å². The second-order valence-electron chi connectivity index (χ2n) is 5.40. The van der Waals surface area contributed by atoms with Crippen molar-refractivity contribution in [1.29, 1.82) is 0 Å². The number of benzene rings is 1. The molecule has 1 heteroatoms. The van der Waals surface area contributed by atoms with E-state index in [4.69, 9.17) is 0 Å². The van der Waals surface area contributed by atoms with Gasteiger partial charge in [0.05, 0.1) is 0 Å². The second-order valence-corrected chi connectivity index (χ2v) is 5.40. The standard InChI is InChI=1S/C9H12.C8H12.C3H6.HI/c1-7-4-5-8(2)9(3)6-7;1-7-5-3-4-6-8(7)2;1-3-2;/h4-6H,1-3H3;3,5H,4,6H2,1-2H3;3H,1H2,2H3;1H. The van der Waals surface area contributed by atoms with Gasteiger partial charge < -0.3 is 0 Å². The van der Waals surface area contributed by atoms with Crippen LogP contribution in [0.5, 0.6) is 0 Å². The molecule has 0 amide bonds. The van der Waals surface area contributed by atoms with Crippen molar-refractivity contribution >= 4 is 24.0 Å². The molecule has 118 valence electrons. The number of rotatable bonds is 0. The van der Waals surface area contributed by atoms with Crippen LogP contribution in [0.25, 0.3) is 0 Å². The smallest absolute Gasteiger partial charge is 0.0282 e. The monoisotopic (exact) mass is 398 g/mol. The van der Waals surface area contributed by atoms with Gasteiger partial charge in [-0.3, -0.25) is 0 Å². The van der Waals surface area contributed by atoms with Crippen molar-refractivity contribution in [2.45, 2.75) is 54.4 Å². The van der Waals surface area contributed by atoms with Crippen LogP contribution in [-0.2, 0) is 0 Å². The van der Waals surface area contributed by atoms with E-state index in [9.17, 15) is 0 Å². The third-order valence-corrected chi connectivity index (χ3v) is 3.39. The van der Waals surface area contributed by atoms with Crippen LogP contribution in [0.4, 0.5) is 0 Å². The minimum absolute atomic E-state index is 0. The summed E-state index contributed by atoms with van der Waals surface area (Å²) in [5, 5.41) is 0. The number of allylic oxidation sites excluding steroid dienone is 5. The summed E-state index contributed by atoms with van der Waals surface area (Å²) in [5.74, 6) is 0. The maximum absolute atomic E-state index is 3.36. The molecule has 0 saturated carbocycles. The molecule has 0 unspecified atom stereocenters. The summed E-state index contributed by atoms with van der Waals surface area (Å²) in [6.07, 6.45) is 8.70. The summed E-state index contributed by atoms with van der Waals surface area (Å²) < 4.78 is 0. The fourth-order valence-electron chi connectivity index (χ4n) is 1.79. The molecule has 0 saturated heterocycles. The highest BCUT2D eigenvalue weighted by Crippen LogP contribution is 2.16. The van der Waals surface area contributed by atoms with E-state index >= 15 is 0 Å². The van der Waals surface area contributed by atoms with E-state index in [1.807, 2.05) is 6.92 Å². The van der Waals surface area contributed by atoms with E-state index in [-0.39, 0.29) is 24.0 Å². The molecule has 1 aromatic carbocycles. The zero-order valence-corrected chi connectivity index (χ0v) is 16.8. The van der Waals surface area contributed by atoms with Gasteiger partial charge in [0.15, 0.2) is 0 Å². The van der Waals surface area contributed by atoms with Crippen LogP contribution in [0, 0.1) is 20.8 Å². The summed E-state index contributed by atoms with van der Waals surface area (Å²) in [7, 11) is 0. The van der Waals surface area contributed by atoms with E-state index in [1.165, 1.54) is 35.1 Å². The molecule has 1 aliphatic carbocycles. The molecule has 0 aliphatic heterocycles. The number of hydrogen-bond acceptors (Lipinski definition) is 0. The van der Waals surface area contributed by atoms with Crippen molar-refractivity contribution in [2.75, 3.05) is 0 Å².